The number of hydrogen-bond donors (Lipinski definition) is 1. The molecule has 2 heterocycles. The fourth-order valence-corrected chi connectivity index (χ4v) is 3.03. The van der Waals surface area contributed by atoms with Crippen LogP contribution >= 0.6 is 0 Å². The third kappa shape index (κ3) is 3.06. The maximum Gasteiger partial charge on any atom is 0.323 e. The lowest BCUT2D eigenvalue weighted by Crippen LogP contribution is -2.50. The van der Waals surface area contributed by atoms with Crippen molar-refractivity contribution in [1.82, 2.24) is 4.90 Å². The van der Waals surface area contributed by atoms with Gasteiger partial charge in [0.05, 0.1) is 0 Å². The molecule has 6 heteroatoms. The Morgan fingerprint density at radius 2 is 1.95 bits per heavy atom. The van der Waals surface area contributed by atoms with Crippen LogP contribution in [-0.4, -0.2) is 53.8 Å². The minimum absolute atomic E-state index is 0.0929. The lowest BCUT2D eigenvalue weighted by atomic mass is 10.0. The second kappa shape index (κ2) is 6.36. The van der Waals surface area contributed by atoms with Crippen molar-refractivity contribution in [3.63, 3.8) is 0 Å². The highest BCUT2D eigenvalue weighted by molar-refractivity contribution is 5.86. The molecule has 0 aromatic heterocycles. The molecular weight excluding hydrogens is 286 g/mol. The Balaban J connectivity index is 1.73. The third-order valence-electron chi connectivity index (χ3n) is 4.14. The highest BCUT2D eigenvalue weighted by Crippen LogP contribution is 2.29. The van der Waals surface area contributed by atoms with Crippen LogP contribution in [0.4, 0.5) is 0 Å². The van der Waals surface area contributed by atoms with Crippen LogP contribution in [0, 0.1) is 0 Å². The van der Waals surface area contributed by atoms with E-state index >= 15 is 0 Å². The first-order chi connectivity index (χ1) is 10.6. The number of carboxylic acids is 1. The maximum absolute atomic E-state index is 12.7. The topological polar surface area (TPSA) is 76.1 Å². The number of aliphatic carboxylic acids is 1. The Morgan fingerprint density at radius 3 is 2.64 bits per heavy atom. The molecule has 1 fully saturated rings. The number of hydrogen-bond acceptors (Lipinski definition) is 4. The van der Waals surface area contributed by atoms with E-state index < -0.39 is 12.1 Å². The summed E-state index contributed by atoms with van der Waals surface area (Å²) < 4.78 is 11.0. The molecule has 0 radical (unpaired) electrons. The first-order valence-corrected chi connectivity index (χ1v) is 7.49. The highest BCUT2D eigenvalue weighted by Gasteiger charge is 2.36. The monoisotopic (exact) mass is 305 g/mol. The summed E-state index contributed by atoms with van der Waals surface area (Å²) in [7, 11) is 0. The lowest BCUT2D eigenvalue weighted by molar-refractivity contribution is -0.151. The molecule has 0 aliphatic carbocycles. The second-order valence-corrected chi connectivity index (χ2v) is 5.62. The van der Waals surface area contributed by atoms with Gasteiger partial charge in [0.15, 0.2) is 6.10 Å². The first-order valence-electron chi connectivity index (χ1n) is 7.49. The van der Waals surface area contributed by atoms with E-state index in [4.69, 9.17) is 14.6 Å². The zero-order valence-corrected chi connectivity index (χ0v) is 12.2. The fourth-order valence-electron chi connectivity index (χ4n) is 3.03. The van der Waals surface area contributed by atoms with E-state index in [-0.39, 0.29) is 18.5 Å². The molecule has 2 aliphatic heterocycles. The van der Waals surface area contributed by atoms with Crippen LogP contribution in [0.2, 0.25) is 0 Å². The Labute approximate surface area is 128 Å². The molecule has 22 heavy (non-hydrogen) atoms. The number of carboxylic acid groups (broad SMARTS) is 1. The normalized spacial score (nSPS) is 21.0. The predicted octanol–water partition coefficient (Wildman–Crippen LogP) is 1.08. The van der Waals surface area contributed by atoms with Gasteiger partial charge in [-0.3, -0.25) is 9.59 Å². The van der Waals surface area contributed by atoms with Gasteiger partial charge in [-0.15, -0.1) is 0 Å². The molecule has 0 bridgehead atoms. The molecule has 1 amide bonds. The Bertz CT molecular complexity index is 542. The van der Waals surface area contributed by atoms with Crippen molar-refractivity contribution in [3.8, 4) is 5.75 Å². The van der Waals surface area contributed by atoms with Gasteiger partial charge in [0.1, 0.15) is 12.3 Å². The summed E-state index contributed by atoms with van der Waals surface area (Å²) in [5.41, 5.74) is 0.989. The molecule has 1 N–H and O–H groups in total. The Hall–Kier alpha value is -2.08. The molecule has 1 aromatic rings. The molecule has 0 spiro atoms. The number of nitrogens with zero attached hydrogens (tertiary/aromatic N) is 1. The molecule has 1 aromatic carbocycles. The van der Waals surface area contributed by atoms with Crippen molar-refractivity contribution in [3.05, 3.63) is 29.8 Å². The quantitative estimate of drug-likeness (QED) is 0.901. The average molecular weight is 305 g/mol. The van der Waals surface area contributed by atoms with E-state index in [2.05, 4.69) is 0 Å². The van der Waals surface area contributed by atoms with Crippen LogP contribution < -0.4 is 4.74 Å². The molecule has 1 atom stereocenters. The molecule has 2 aliphatic rings. The van der Waals surface area contributed by atoms with Gasteiger partial charge in [-0.1, -0.05) is 18.2 Å². The predicted molar refractivity (Wildman–Crippen MR) is 77.8 cm³/mol. The van der Waals surface area contributed by atoms with Gasteiger partial charge in [0.2, 0.25) is 0 Å². The number of rotatable bonds is 4. The largest absolute Gasteiger partial charge is 0.480 e. The van der Waals surface area contributed by atoms with E-state index in [1.165, 1.54) is 4.90 Å². The average Bonchev–Trinajstić information content (AvgIpc) is 2.96. The van der Waals surface area contributed by atoms with Gasteiger partial charge in [-0.25, -0.2) is 0 Å². The van der Waals surface area contributed by atoms with E-state index in [0.717, 1.165) is 5.56 Å². The fraction of sp³-hybridized carbons (Fsp3) is 0.500. The SMILES string of the molecule is O=C(O)CN(C(=O)C1Cc2ccccc2O1)C1CCOCC1. The smallest absolute Gasteiger partial charge is 0.323 e. The number of ether oxygens (including phenoxy) is 2. The van der Waals surface area contributed by atoms with Crippen molar-refractivity contribution in [2.45, 2.75) is 31.4 Å². The van der Waals surface area contributed by atoms with E-state index in [9.17, 15) is 9.59 Å². The minimum atomic E-state index is -1.00. The first kappa shape index (κ1) is 14.8. The summed E-state index contributed by atoms with van der Waals surface area (Å²) in [6, 6.07) is 7.43. The number of para-hydroxylation sites is 1. The van der Waals surface area contributed by atoms with Crippen molar-refractivity contribution in [1.29, 1.82) is 0 Å². The minimum Gasteiger partial charge on any atom is -0.480 e. The summed E-state index contributed by atoms with van der Waals surface area (Å²) in [4.78, 5) is 25.3. The lowest BCUT2D eigenvalue weighted by Gasteiger charge is -2.34. The van der Waals surface area contributed by atoms with Gasteiger partial charge in [0, 0.05) is 25.7 Å². The zero-order chi connectivity index (χ0) is 15.5. The second-order valence-electron chi connectivity index (χ2n) is 5.62. The number of benzene rings is 1. The Morgan fingerprint density at radius 1 is 1.23 bits per heavy atom. The number of carbonyl (C=O) groups excluding carboxylic acids is 1. The van der Waals surface area contributed by atoms with Crippen LogP contribution in [0.3, 0.4) is 0 Å². The third-order valence-corrected chi connectivity index (χ3v) is 4.14. The number of fused-ring (bicyclic) bond motifs is 1. The van der Waals surface area contributed by atoms with Crippen molar-refractivity contribution in [2.75, 3.05) is 19.8 Å². The summed E-state index contributed by atoms with van der Waals surface area (Å²) in [6.07, 6.45) is 1.20. The van der Waals surface area contributed by atoms with Gasteiger partial charge in [-0.2, -0.15) is 0 Å². The van der Waals surface area contributed by atoms with Crippen molar-refractivity contribution < 1.29 is 24.2 Å². The van der Waals surface area contributed by atoms with Crippen LogP contribution in [-0.2, 0) is 20.7 Å². The summed E-state index contributed by atoms with van der Waals surface area (Å²) in [6.45, 7) is 0.819. The Kier molecular flexibility index (Phi) is 4.29. The van der Waals surface area contributed by atoms with Crippen LogP contribution in [0.1, 0.15) is 18.4 Å². The molecular formula is C16H19NO5. The number of amides is 1. The van der Waals surface area contributed by atoms with E-state index in [0.29, 0.717) is 38.2 Å². The van der Waals surface area contributed by atoms with Gasteiger partial charge >= 0.3 is 5.97 Å². The summed E-state index contributed by atoms with van der Waals surface area (Å²) in [5, 5.41) is 9.11. The van der Waals surface area contributed by atoms with Crippen LogP contribution in [0.5, 0.6) is 5.75 Å². The summed E-state index contributed by atoms with van der Waals surface area (Å²) in [5.74, 6) is -0.538. The molecule has 3 rings (SSSR count). The van der Waals surface area contributed by atoms with E-state index in [1.54, 1.807) is 0 Å². The molecule has 118 valence electrons. The molecule has 1 unspecified atom stereocenters. The van der Waals surface area contributed by atoms with Crippen LogP contribution in [0.15, 0.2) is 24.3 Å². The summed E-state index contributed by atoms with van der Waals surface area (Å²) >= 11 is 0. The van der Waals surface area contributed by atoms with Gasteiger partial charge in [-0.05, 0) is 24.5 Å². The zero-order valence-electron chi connectivity index (χ0n) is 12.2. The maximum atomic E-state index is 12.7. The highest BCUT2D eigenvalue weighted by atomic mass is 16.5. The van der Waals surface area contributed by atoms with Crippen LogP contribution in [0.25, 0.3) is 0 Å². The molecule has 1 saturated heterocycles. The van der Waals surface area contributed by atoms with Crippen molar-refractivity contribution in [2.24, 2.45) is 0 Å². The molecule has 0 saturated carbocycles. The van der Waals surface area contributed by atoms with Gasteiger partial charge in [0.25, 0.3) is 5.91 Å². The standard InChI is InChI=1S/C16H19NO5/c18-15(19)10-17(12-5-7-21-8-6-12)16(20)14-9-11-3-1-2-4-13(11)22-14/h1-4,12,14H,5-10H2,(H,18,19). The van der Waals surface area contributed by atoms with Crippen molar-refractivity contribution >= 4 is 11.9 Å². The number of carbonyl (C=O) groups is 2. The van der Waals surface area contributed by atoms with Gasteiger partial charge < -0.3 is 19.5 Å². The molecule has 6 nitrogen and oxygen atoms in total. The van der Waals surface area contributed by atoms with E-state index in [1.807, 2.05) is 24.3 Å².